The number of allylic oxidation sites excluding steroid dienone is 1. The molecule has 8 heteroatoms. The fourth-order valence-electron chi connectivity index (χ4n) is 2.43. The molecule has 2 aromatic carbocycles. The van der Waals surface area contributed by atoms with Crippen LogP contribution in [0.3, 0.4) is 0 Å². The molecule has 27 heavy (non-hydrogen) atoms. The first kappa shape index (κ1) is 18.6. The van der Waals surface area contributed by atoms with Crippen LogP contribution >= 0.6 is 11.6 Å². The van der Waals surface area contributed by atoms with Gasteiger partial charge in [-0.1, -0.05) is 17.7 Å². The fourth-order valence-corrected chi connectivity index (χ4v) is 2.70. The van der Waals surface area contributed by atoms with Crippen molar-refractivity contribution in [1.82, 2.24) is 0 Å². The third kappa shape index (κ3) is 4.32. The van der Waals surface area contributed by atoms with Gasteiger partial charge in [0.15, 0.2) is 28.8 Å². The molecule has 0 aliphatic carbocycles. The van der Waals surface area contributed by atoms with Crippen molar-refractivity contribution in [3.8, 4) is 23.0 Å². The molecule has 0 aromatic heterocycles. The summed E-state index contributed by atoms with van der Waals surface area (Å²) in [7, 11) is 1.39. The zero-order chi connectivity index (χ0) is 19.4. The van der Waals surface area contributed by atoms with E-state index in [-0.39, 0.29) is 24.1 Å². The number of hydrogen-bond acceptors (Lipinski definition) is 7. The minimum absolute atomic E-state index is 0.104. The lowest BCUT2D eigenvalue weighted by Gasteiger charge is -2.11. The second-order valence-corrected chi connectivity index (χ2v) is 5.87. The van der Waals surface area contributed by atoms with Gasteiger partial charge >= 0.3 is 0 Å². The predicted octanol–water partition coefficient (Wildman–Crippen LogP) is 2.10. The molecular weight excluding hydrogens is 376 g/mol. The topological polar surface area (TPSA) is 94.1 Å². The highest BCUT2D eigenvalue weighted by Crippen LogP contribution is 2.40. The molecule has 2 aromatic rings. The van der Waals surface area contributed by atoms with Crippen LogP contribution in [0.5, 0.6) is 23.0 Å². The summed E-state index contributed by atoms with van der Waals surface area (Å²) in [6.45, 7) is -0.512. The normalized spacial score (nSPS) is 12.2. The number of rotatable bonds is 7. The Kier molecular flexibility index (Phi) is 5.52. The number of carboxylic acid groups (broad SMARTS) is 1. The van der Waals surface area contributed by atoms with Crippen molar-refractivity contribution in [3.05, 3.63) is 52.6 Å². The maximum atomic E-state index is 12.4. The Labute approximate surface area is 159 Å². The predicted molar refractivity (Wildman–Crippen MR) is 94.4 cm³/mol. The van der Waals surface area contributed by atoms with E-state index in [1.54, 1.807) is 18.2 Å². The summed E-state index contributed by atoms with van der Waals surface area (Å²) in [5.41, 5.74) is 1.02. The number of halogens is 1. The van der Waals surface area contributed by atoms with E-state index < -0.39 is 12.6 Å². The van der Waals surface area contributed by atoms with Gasteiger partial charge in [-0.25, -0.2) is 0 Å². The maximum Gasteiger partial charge on any atom is 0.231 e. The zero-order valence-corrected chi connectivity index (χ0v) is 14.9. The smallest absolute Gasteiger partial charge is 0.231 e. The number of methoxy groups -OCH3 is 1. The van der Waals surface area contributed by atoms with Crippen LogP contribution < -0.4 is 24.1 Å². The van der Waals surface area contributed by atoms with E-state index in [4.69, 9.17) is 30.5 Å². The summed E-state index contributed by atoms with van der Waals surface area (Å²) in [5, 5.41) is 10.9. The molecule has 0 N–H and O–H groups in total. The van der Waals surface area contributed by atoms with Gasteiger partial charge in [0.05, 0.1) is 18.1 Å². The molecule has 3 rings (SSSR count). The highest BCUT2D eigenvalue weighted by Gasteiger charge is 2.17. The number of benzene rings is 2. The van der Waals surface area contributed by atoms with Gasteiger partial charge in [-0.15, -0.1) is 0 Å². The van der Waals surface area contributed by atoms with Crippen molar-refractivity contribution in [2.45, 2.75) is 0 Å². The molecule has 0 unspecified atom stereocenters. The molecule has 0 amide bonds. The third-order valence-corrected chi connectivity index (χ3v) is 3.95. The largest absolute Gasteiger partial charge is 0.546 e. The minimum atomic E-state index is -1.36. The maximum absolute atomic E-state index is 12.4. The molecule has 1 aliphatic heterocycles. The first-order chi connectivity index (χ1) is 13.0. The standard InChI is InChI=1S/C19H15ClO7/c1-24-16-8-12(3-5-15(16)25-9-18(22)23)14(21)4-2-11-6-13(20)19-17(7-11)26-10-27-19/h2-8H,9-10H2,1H3,(H,22,23)/p-1/b4-2+. The van der Waals surface area contributed by atoms with E-state index in [0.29, 0.717) is 27.6 Å². The van der Waals surface area contributed by atoms with Crippen molar-refractivity contribution in [2.24, 2.45) is 0 Å². The van der Waals surface area contributed by atoms with E-state index in [1.165, 1.54) is 31.4 Å². The van der Waals surface area contributed by atoms with Crippen LogP contribution in [0.1, 0.15) is 15.9 Å². The van der Waals surface area contributed by atoms with Crippen LogP contribution in [0.2, 0.25) is 5.02 Å². The third-order valence-electron chi connectivity index (χ3n) is 3.67. The number of carboxylic acids is 1. The van der Waals surface area contributed by atoms with Gasteiger partial charge in [0.1, 0.15) is 6.61 Å². The van der Waals surface area contributed by atoms with Gasteiger partial charge < -0.3 is 28.8 Å². The second kappa shape index (κ2) is 8.01. The Morgan fingerprint density at radius 1 is 1.22 bits per heavy atom. The minimum Gasteiger partial charge on any atom is -0.546 e. The summed E-state index contributed by atoms with van der Waals surface area (Å²) >= 11 is 6.12. The molecule has 7 nitrogen and oxygen atoms in total. The van der Waals surface area contributed by atoms with Crippen molar-refractivity contribution < 1.29 is 33.6 Å². The highest BCUT2D eigenvalue weighted by molar-refractivity contribution is 6.32. The first-order valence-corrected chi connectivity index (χ1v) is 8.18. The first-order valence-electron chi connectivity index (χ1n) is 7.80. The van der Waals surface area contributed by atoms with Gasteiger partial charge in [0.2, 0.25) is 6.79 Å². The molecule has 0 saturated carbocycles. The molecule has 0 atom stereocenters. The number of ketones is 1. The van der Waals surface area contributed by atoms with Gasteiger partial charge in [0, 0.05) is 5.56 Å². The summed E-state index contributed by atoms with van der Waals surface area (Å²) in [6.07, 6.45) is 2.98. The van der Waals surface area contributed by atoms with Crippen molar-refractivity contribution in [2.75, 3.05) is 20.5 Å². The number of carbonyl (C=O) groups is 2. The molecule has 0 bridgehead atoms. The Morgan fingerprint density at radius 2 is 2.04 bits per heavy atom. The number of carbonyl (C=O) groups excluding carboxylic acids is 2. The fraction of sp³-hybridized carbons (Fsp3) is 0.158. The van der Waals surface area contributed by atoms with Crippen LogP contribution in [0.4, 0.5) is 0 Å². The van der Waals surface area contributed by atoms with E-state index in [0.717, 1.165) is 0 Å². The van der Waals surface area contributed by atoms with E-state index >= 15 is 0 Å². The number of hydrogen-bond donors (Lipinski definition) is 0. The molecule has 0 fully saturated rings. The average Bonchev–Trinajstić information content (AvgIpc) is 3.13. The number of fused-ring (bicyclic) bond motifs is 1. The van der Waals surface area contributed by atoms with E-state index in [1.807, 2.05) is 0 Å². The monoisotopic (exact) mass is 389 g/mol. The Morgan fingerprint density at radius 3 is 2.78 bits per heavy atom. The Balaban J connectivity index is 1.77. The van der Waals surface area contributed by atoms with Crippen LogP contribution in [0, 0.1) is 0 Å². The summed E-state index contributed by atoms with van der Waals surface area (Å²) in [5.74, 6) is -0.204. The van der Waals surface area contributed by atoms with E-state index in [2.05, 4.69) is 0 Å². The molecule has 0 saturated heterocycles. The summed E-state index contributed by atoms with van der Waals surface area (Å²) in [6, 6.07) is 7.81. The van der Waals surface area contributed by atoms with E-state index in [9.17, 15) is 14.7 Å². The Bertz CT molecular complexity index is 921. The molecule has 1 aliphatic rings. The second-order valence-electron chi connectivity index (χ2n) is 5.46. The van der Waals surface area contributed by atoms with Gasteiger partial charge in [-0.2, -0.15) is 0 Å². The van der Waals surface area contributed by atoms with Crippen LogP contribution in [0.25, 0.3) is 6.08 Å². The van der Waals surface area contributed by atoms with Gasteiger partial charge in [-0.05, 0) is 42.0 Å². The summed E-state index contributed by atoms with van der Waals surface area (Å²) < 4.78 is 20.7. The molecule has 0 radical (unpaired) electrons. The number of ether oxygens (including phenoxy) is 4. The Hall–Kier alpha value is -3.19. The SMILES string of the molecule is COc1cc(C(=O)/C=C/c2cc(Cl)c3c(c2)OCO3)ccc1OCC(=O)[O-]. The molecular formula is C19H14ClO7-. The lowest BCUT2D eigenvalue weighted by molar-refractivity contribution is -0.307. The highest BCUT2D eigenvalue weighted by atomic mass is 35.5. The quantitative estimate of drug-likeness (QED) is 0.528. The molecule has 1 heterocycles. The lowest BCUT2D eigenvalue weighted by Crippen LogP contribution is -2.29. The molecule has 140 valence electrons. The summed E-state index contributed by atoms with van der Waals surface area (Å²) in [4.78, 5) is 22.9. The van der Waals surface area contributed by atoms with Crippen molar-refractivity contribution in [3.63, 3.8) is 0 Å². The lowest BCUT2D eigenvalue weighted by atomic mass is 10.1. The average molecular weight is 390 g/mol. The van der Waals surface area contributed by atoms with Crippen LogP contribution in [-0.2, 0) is 4.79 Å². The van der Waals surface area contributed by atoms with Crippen molar-refractivity contribution >= 4 is 29.4 Å². The van der Waals surface area contributed by atoms with Gasteiger partial charge in [0.25, 0.3) is 0 Å². The number of aliphatic carboxylic acids is 1. The van der Waals surface area contributed by atoms with Crippen LogP contribution in [0.15, 0.2) is 36.4 Å². The van der Waals surface area contributed by atoms with Gasteiger partial charge in [-0.3, -0.25) is 4.79 Å². The molecule has 0 spiro atoms. The van der Waals surface area contributed by atoms with Crippen molar-refractivity contribution in [1.29, 1.82) is 0 Å². The van der Waals surface area contributed by atoms with Crippen LogP contribution in [-0.4, -0.2) is 32.3 Å². The zero-order valence-electron chi connectivity index (χ0n) is 14.2.